The number of ether oxygens (including phenoxy) is 1. The predicted octanol–water partition coefficient (Wildman–Crippen LogP) is 3.72. The maximum atomic E-state index is 12.2. The average molecular weight is 344 g/mol. The van der Waals surface area contributed by atoms with E-state index in [0.29, 0.717) is 5.75 Å². The number of carboxylic acids is 1. The van der Waals surface area contributed by atoms with E-state index in [0.717, 1.165) is 16.5 Å². The Morgan fingerprint density at radius 3 is 2.50 bits per heavy atom. The molecule has 0 unspecified atom stereocenters. The lowest BCUT2D eigenvalue weighted by Gasteiger charge is -2.06. The number of benzene rings is 2. The van der Waals surface area contributed by atoms with E-state index in [-0.39, 0.29) is 16.9 Å². The van der Waals surface area contributed by atoms with Gasteiger partial charge >= 0.3 is 5.97 Å². The quantitative estimate of drug-likeness (QED) is 0.472. The number of phenols is 1. The first-order valence-corrected chi connectivity index (χ1v) is 8.19. The summed E-state index contributed by atoms with van der Waals surface area (Å²) in [7, 11) is 1.58. The number of thioether (sulfide) groups is 1. The second kappa shape index (κ2) is 7.70. The number of aromatic carboxylic acids is 1. The number of allylic oxidation sites excluding steroid dienone is 1. The number of rotatable bonds is 6. The van der Waals surface area contributed by atoms with E-state index in [9.17, 15) is 14.7 Å². The normalized spacial score (nSPS) is 10.8. The van der Waals surface area contributed by atoms with Gasteiger partial charge in [0.1, 0.15) is 11.5 Å². The fourth-order valence-corrected chi connectivity index (χ4v) is 2.64. The molecule has 0 aromatic heterocycles. The molecule has 0 saturated carbocycles. The van der Waals surface area contributed by atoms with Crippen molar-refractivity contribution in [1.29, 1.82) is 0 Å². The summed E-state index contributed by atoms with van der Waals surface area (Å²) in [6.07, 6.45) is 4.88. The standard InChI is InChI=1S/C18H16O5S/c1-23-16-9-11(4-8-17(16)24-2)3-7-14(19)13-6-5-12(18(21)22)10-15(13)20/h3-10,20H,1-2H3,(H,21,22). The van der Waals surface area contributed by atoms with Gasteiger partial charge in [-0.3, -0.25) is 4.79 Å². The van der Waals surface area contributed by atoms with Crippen molar-refractivity contribution < 1.29 is 24.5 Å². The summed E-state index contributed by atoms with van der Waals surface area (Å²) in [5.41, 5.74) is 0.744. The lowest BCUT2D eigenvalue weighted by molar-refractivity contribution is 0.0696. The number of carbonyl (C=O) groups is 2. The van der Waals surface area contributed by atoms with Crippen molar-refractivity contribution in [3.63, 3.8) is 0 Å². The zero-order valence-electron chi connectivity index (χ0n) is 13.1. The number of carbonyl (C=O) groups excluding carboxylic acids is 1. The number of carboxylic acid groups (broad SMARTS) is 1. The highest BCUT2D eigenvalue weighted by molar-refractivity contribution is 7.98. The van der Waals surface area contributed by atoms with Crippen molar-refractivity contribution in [2.75, 3.05) is 13.4 Å². The third-order valence-corrected chi connectivity index (χ3v) is 4.12. The Bertz CT molecular complexity index is 811. The van der Waals surface area contributed by atoms with Gasteiger partial charge in [0.05, 0.1) is 18.2 Å². The minimum Gasteiger partial charge on any atom is -0.507 e. The Morgan fingerprint density at radius 1 is 1.17 bits per heavy atom. The first kappa shape index (κ1) is 17.6. The molecule has 24 heavy (non-hydrogen) atoms. The van der Waals surface area contributed by atoms with Gasteiger partial charge in [0, 0.05) is 4.90 Å². The van der Waals surface area contributed by atoms with Crippen LogP contribution in [0.25, 0.3) is 6.08 Å². The van der Waals surface area contributed by atoms with E-state index in [1.54, 1.807) is 24.9 Å². The van der Waals surface area contributed by atoms with Crippen LogP contribution in [0.3, 0.4) is 0 Å². The van der Waals surface area contributed by atoms with Crippen molar-refractivity contribution in [3.8, 4) is 11.5 Å². The van der Waals surface area contributed by atoms with E-state index >= 15 is 0 Å². The Kier molecular flexibility index (Phi) is 5.65. The summed E-state index contributed by atoms with van der Waals surface area (Å²) >= 11 is 1.56. The van der Waals surface area contributed by atoms with Gasteiger partial charge in [-0.05, 0) is 48.2 Å². The Hall–Kier alpha value is -2.73. The highest BCUT2D eigenvalue weighted by Crippen LogP contribution is 2.29. The van der Waals surface area contributed by atoms with Crippen LogP contribution in [0, 0.1) is 0 Å². The molecule has 0 fully saturated rings. The van der Waals surface area contributed by atoms with Crippen molar-refractivity contribution in [3.05, 3.63) is 59.2 Å². The smallest absolute Gasteiger partial charge is 0.335 e. The van der Waals surface area contributed by atoms with Gasteiger partial charge in [0.15, 0.2) is 5.78 Å². The summed E-state index contributed by atoms with van der Waals surface area (Å²) in [5.74, 6) is -1.23. The molecule has 2 N–H and O–H groups in total. The van der Waals surface area contributed by atoms with E-state index in [1.807, 2.05) is 24.5 Å². The largest absolute Gasteiger partial charge is 0.507 e. The van der Waals surface area contributed by atoms with Gasteiger partial charge in [-0.25, -0.2) is 4.79 Å². The lowest BCUT2D eigenvalue weighted by Crippen LogP contribution is -2.00. The predicted molar refractivity (Wildman–Crippen MR) is 93.2 cm³/mol. The zero-order chi connectivity index (χ0) is 17.7. The maximum absolute atomic E-state index is 12.2. The van der Waals surface area contributed by atoms with Gasteiger partial charge < -0.3 is 14.9 Å². The molecule has 0 heterocycles. The number of hydrogen-bond acceptors (Lipinski definition) is 5. The van der Waals surface area contributed by atoms with Gasteiger partial charge in [0.2, 0.25) is 0 Å². The lowest BCUT2D eigenvalue weighted by atomic mass is 10.1. The fourth-order valence-electron chi connectivity index (χ4n) is 2.09. The molecule has 0 radical (unpaired) electrons. The summed E-state index contributed by atoms with van der Waals surface area (Å²) < 4.78 is 5.29. The fraction of sp³-hybridized carbons (Fsp3) is 0.111. The first-order valence-electron chi connectivity index (χ1n) is 6.97. The molecule has 0 aliphatic heterocycles. The van der Waals surface area contributed by atoms with E-state index in [2.05, 4.69) is 0 Å². The van der Waals surface area contributed by atoms with Crippen LogP contribution >= 0.6 is 11.8 Å². The third kappa shape index (κ3) is 3.97. The van der Waals surface area contributed by atoms with E-state index in [1.165, 1.54) is 18.2 Å². The third-order valence-electron chi connectivity index (χ3n) is 3.34. The highest BCUT2D eigenvalue weighted by atomic mass is 32.2. The number of hydrogen-bond donors (Lipinski definition) is 2. The molecule has 0 saturated heterocycles. The molecule has 6 heteroatoms. The topological polar surface area (TPSA) is 83.8 Å². The molecule has 0 aliphatic rings. The van der Waals surface area contributed by atoms with Crippen LogP contribution in [-0.4, -0.2) is 35.3 Å². The molecule has 124 valence electrons. The molecule has 0 aliphatic carbocycles. The molecule has 0 spiro atoms. The number of aromatic hydroxyl groups is 1. The van der Waals surface area contributed by atoms with Crippen LogP contribution in [0.4, 0.5) is 0 Å². The number of methoxy groups -OCH3 is 1. The van der Waals surface area contributed by atoms with Crippen LogP contribution in [-0.2, 0) is 0 Å². The SMILES string of the molecule is COc1cc(C=CC(=O)c2ccc(C(=O)O)cc2O)ccc1SC. The molecule has 0 atom stereocenters. The summed E-state index contributed by atoms with van der Waals surface area (Å²) in [5, 5.41) is 18.7. The number of phenolic OH excluding ortho intramolecular Hbond substituents is 1. The summed E-state index contributed by atoms with van der Waals surface area (Å²) in [6, 6.07) is 9.18. The van der Waals surface area contributed by atoms with Crippen LogP contribution in [0.1, 0.15) is 26.3 Å². The Labute approximate surface area is 143 Å². The Balaban J connectivity index is 2.23. The molecule has 2 aromatic carbocycles. The van der Waals surface area contributed by atoms with Crippen molar-refractivity contribution in [1.82, 2.24) is 0 Å². The molecule has 5 nitrogen and oxygen atoms in total. The van der Waals surface area contributed by atoms with E-state index in [4.69, 9.17) is 9.84 Å². The molecular weight excluding hydrogens is 328 g/mol. The van der Waals surface area contributed by atoms with Gasteiger partial charge in [-0.15, -0.1) is 11.8 Å². The molecule has 2 aromatic rings. The minimum atomic E-state index is -1.17. The van der Waals surface area contributed by atoms with Crippen LogP contribution in [0.2, 0.25) is 0 Å². The van der Waals surface area contributed by atoms with E-state index < -0.39 is 11.8 Å². The Morgan fingerprint density at radius 2 is 1.92 bits per heavy atom. The summed E-state index contributed by atoms with van der Waals surface area (Å²) in [6.45, 7) is 0. The van der Waals surface area contributed by atoms with Crippen LogP contribution in [0.15, 0.2) is 47.4 Å². The van der Waals surface area contributed by atoms with Crippen molar-refractivity contribution >= 4 is 29.6 Å². The minimum absolute atomic E-state index is 0.0453. The van der Waals surface area contributed by atoms with Crippen LogP contribution in [0.5, 0.6) is 11.5 Å². The monoisotopic (exact) mass is 344 g/mol. The summed E-state index contributed by atoms with van der Waals surface area (Å²) in [4.78, 5) is 24.0. The first-order chi connectivity index (χ1) is 11.5. The molecule has 0 amide bonds. The highest BCUT2D eigenvalue weighted by Gasteiger charge is 2.12. The second-order valence-corrected chi connectivity index (χ2v) is 5.70. The molecular formula is C18H16O5S. The molecule has 0 bridgehead atoms. The second-order valence-electron chi connectivity index (χ2n) is 4.85. The van der Waals surface area contributed by atoms with Crippen molar-refractivity contribution in [2.24, 2.45) is 0 Å². The van der Waals surface area contributed by atoms with Gasteiger partial charge in [-0.2, -0.15) is 0 Å². The zero-order valence-corrected chi connectivity index (χ0v) is 14.0. The average Bonchev–Trinajstić information content (AvgIpc) is 2.59. The van der Waals surface area contributed by atoms with Gasteiger partial charge in [0.25, 0.3) is 0 Å². The molecule has 2 rings (SSSR count). The van der Waals surface area contributed by atoms with Crippen molar-refractivity contribution in [2.45, 2.75) is 4.90 Å². The van der Waals surface area contributed by atoms with Gasteiger partial charge in [-0.1, -0.05) is 12.1 Å². The maximum Gasteiger partial charge on any atom is 0.335 e. The number of ketones is 1. The van der Waals surface area contributed by atoms with Crippen LogP contribution < -0.4 is 4.74 Å².